The molecule has 106 valence electrons. The lowest BCUT2D eigenvalue weighted by Gasteiger charge is -2.04. The molecule has 2 aromatic heterocycles. The number of halogens is 1. The minimum absolute atomic E-state index is 0.0615. The lowest BCUT2D eigenvalue weighted by atomic mass is 10.5. The van der Waals surface area contributed by atoms with E-state index in [4.69, 9.17) is 16.3 Å². The summed E-state index contributed by atoms with van der Waals surface area (Å²) in [7, 11) is 1.25. The molecule has 0 radical (unpaired) electrons. The fraction of sp³-hybridized carbons (Fsp3) is 0.364. The average Bonchev–Trinajstić information content (AvgIpc) is 2.93. The van der Waals surface area contributed by atoms with Gasteiger partial charge in [-0.25, -0.2) is 24.4 Å². The zero-order valence-electron chi connectivity index (χ0n) is 10.9. The largest absolute Gasteiger partial charge is 0.463 e. The Labute approximate surface area is 119 Å². The van der Waals surface area contributed by atoms with Crippen molar-refractivity contribution in [1.82, 2.24) is 24.7 Å². The number of ether oxygens (including phenoxy) is 2. The fourth-order valence-corrected chi connectivity index (χ4v) is 1.58. The monoisotopic (exact) mass is 297 g/mol. The Morgan fingerprint density at radius 1 is 1.45 bits per heavy atom. The lowest BCUT2D eigenvalue weighted by molar-refractivity contribution is 0.0587. The molecule has 2 aromatic rings. The highest BCUT2D eigenvalue weighted by Crippen LogP contribution is 2.11. The van der Waals surface area contributed by atoms with Crippen molar-refractivity contribution in [2.75, 3.05) is 13.7 Å². The standard InChI is InChI=1S/C11H12ClN5O3/c1-3-20-5-8-14-7(12)4-9(15-8)17-6-13-10(16-17)11(18)19-2/h4,6H,3,5H2,1-2H3. The lowest BCUT2D eigenvalue weighted by Crippen LogP contribution is -2.08. The molecule has 9 heteroatoms. The van der Waals surface area contributed by atoms with Crippen LogP contribution in [0.2, 0.25) is 5.15 Å². The molecular formula is C11H12ClN5O3. The minimum Gasteiger partial charge on any atom is -0.463 e. The van der Waals surface area contributed by atoms with E-state index >= 15 is 0 Å². The molecule has 0 aliphatic carbocycles. The molecule has 0 saturated heterocycles. The van der Waals surface area contributed by atoms with Crippen molar-refractivity contribution in [2.45, 2.75) is 13.5 Å². The third-order valence-electron chi connectivity index (χ3n) is 2.26. The van der Waals surface area contributed by atoms with Crippen LogP contribution in [0.25, 0.3) is 5.82 Å². The minimum atomic E-state index is -0.626. The Morgan fingerprint density at radius 2 is 2.25 bits per heavy atom. The highest BCUT2D eigenvalue weighted by molar-refractivity contribution is 6.29. The highest BCUT2D eigenvalue weighted by Gasteiger charge is 2.13. The van der Waals surface area contributed by atoms with Crippen molar-refractivity contribution in [1.29, 1.82) is 0 Å². The summed E-state index contributed by atoms with van der Waals surface area (Å²) in [5.74, 6) is 0.124. The Kier molecular flexibility index (Phi) is 4.59. The summed E-state index contributed by atoms with van der Waals surface area (Å²) in [5.41, 5.74) is 0. The van der Waals surface area contributed by atoms with Gasteiger partial charge >= 0.3 is 5.97 Å². The molecule has 0 aromatic carbocycles. The Balaban J connectivity index is 2.29. The number of hydrogen-bond donors (Lipinski definition) is 0. The number of carbonyl (C=O) groups is 1. The van der Waals surface area contributed by atoms with Crippen LogP contribution in [0, 0.1) is 0 Å². The van der Waals surface area contributed by atoms with E-state index in [0.717, 1.165) is 0 Å². The maximum atomic E-state index is 11.3. The SMILES string of the molecule is CCOCc1nc(Cl)cc(-n2cnc(C(=O)OC)n2)n1. The van der Waals surface area contributed by atoms with Crippen LogP contribution in [0.15, 0.2) is 12.4 Å². The quantitative estimate of drug-likeness (QED) is 0.601. The second-order valence-electron chi connectivity index (χ2n) is 3.61. The van der Waals surface area contributed by atoms with Crippen molar-refractivity contribution < 1.29 is 14.3 Å². The molecule has 2 rings (SSSR count). The van der Waals surface area contributed by atoms with Gasteiger partial charge in [0.15, 0.2) is 11.6 Å². The number of methoxy groups -OCH3 is 1. The van der Waals surface area contributed by atoms with E-state index in [2.05, 4.69) is 24.8 Å². The van der Waals surface area contributed by atoms with Crippen LogP contribution in [0.1, 0.15) is 23.4 Å². The molecule has 0 spiro atoms. The van der Waals surface area contributed by atoms with Gasteiger partial charge in [0.25, 0.3) is 5.82 Å². The predicted molar refractivity (Wildman–Crippen MR) is 68.6 cm³/mol. The number of hydrogen-bond acceptors (Lipinski definition) is 7. The average molecular weight is 298 g/mol. The topological polar surface area (TPSA) is 92.0 Å². The molecule has 0 N–H and O–H groups in total. The smallest absolute Gasteiger partial charge is 0.377 e. The molecule has 0 atom stereocenters. The van der Waals surface area contributed by atoms with Gasteiger partial charge in [-0.15, -0.1) is 5.10 Å². The molecule has 20 heavy (non-hydrogen) atoms. The van der Waals surface area contributed by atoms with Crippen molar-refractivity contribution in [3.63, 3.8) is 0 Å². The third kappa shape index (κ3) is 3.28. The van der Waals surface area contributed by atoms with Gasteiger partial charge in [0.05, 0.1) is 7.11 Å². The van der Waals surface area contributed by atoms with Crippen molar-refractivity contribution in [3.8, 4) is 5.82 Å². The first-order valence-corrected chi connectivity index (χ1v) is 6.13. The van der Waals surface area contributed by atoms with Gasteiger partial charge in [0, 0.05) is 12.7 Å². The fourth-order valence-electron chi connectivity index (χ4n) is 1.39. The first kappa shape index (κ1) is 14.4. The molecule has 0 bridgehead atoms. The maximum absolute atomic E-state index is 11.3. The molecule has 8 nitrogen and oxygen atoms in total. The van der Waals surface area contributed by atoms with Gasteiger partial charge in [-0.05, 0) is 6.92 Å². The molecule has 0 fully saturated rings. The van der Waals surface area contributed by atoms with E-state index in [-0.39, 0.29) is 17.6 Å². The van der Waals surface area contributed by atoms with E-state index in [1.165, 1.54) is 24.2 Å². The van der Waals surface area contributed by atoms with Crippen LogP contribution in [0.3, 0.4) is 0 Å². The first-order chi connectivity index (χ1) is 9.63. The zero-order chi connectivity index (χ0) is 14.5. The normalized spacial score (nSPS) is 10.6. The van der Waals surface area contributed by atoms with Gasteiger partial charge in [-0.2, -0.15) is 0 Å². The van der Waals surface area contributed by atoms with Crippen LogP contribution in [0.5, 0.6) is 0 Å². The molecular weight excluding hydrogens is 286 g/mol. The number of esters is 1. The van der Waals surface area contributed by atoms with Gasteiger partial charge < -0.3 is 9.47 Å². The molecule has 0 amide bonds. The maximum Gasteiger partial charge on any atom is 0.377 e. The summed E-state index contributed by atoms with van der Waals surface area (Å²) < 4.78 is 11.1. The van der Waals surface area contributed by atoms with Crippen LogP contribution >= 0.6 is 11.6 Å². The van der Waals surface area contributed by atoms with E-state index in [0.29, 0.717) is 18.2 Å². The summed E-state index contributed by atoms with van der Waals surface area (Å²) in [6, 6.07) is 1.51. The number of rotatable bonds is 5. The summed E-state index contributed by atoms with van der Waals surface area (Å²) in [6.07, 6.45) is 1.34. The number of nitrogens with zero attached hydrogens (tertiary/aromatic N) is 5. The van der Waals surface area contributed by atoms with Crippen molar-refractivity contribution in [2.24, 2.45) is 0 Å². The number of carbonyl (C=O) groups excluding carboxylic acids is 1. The van der Waals surface area contributed by atoms with Crippen molar-refractivity contribution in [3.05, 3.63) is 29.2 Å². The Morgan fingerprint density at radius 3 is 2.95 bits per heavy atom. The zero-order valence-corrected chi connectivity index (χ0v) is 11.7. The van der Waals surface area contributed by atoms with Gasteiger partial charge in [0.2, 0.25) is 0 Å². The van der Waals surface area contributed by atoms with E-state index in [1.807, 2.05) is 6.92 Å². The van der Waals surface area contributed by atoms with Gasteiger partial charge in [-0.3, -0.25) is 0 Å². The summed E-state index contributed by atoms with van der Waals surface area (Å²) in [6.45, 7) is 2.65. The molecule has 0 saturated carbocycles. The first-order valence-electron chi connectivity index (χ1n) is 5.75. The summed E-state index contributed by atoms with van der Waals surface area (Å²) in [4.78, 5) is 23.4. The molecule has 0 aliphatic rings. The van der Waals surface area contributed by atoms with Gasteiger partial charge in [0.1, 0.15) is 18.1 Å². The highest BCUT2D eigenvalue weighted by atomic mass is 35.5. The predicted octanol–water partition coefficient (Wildman–Crippen LogP) is 1.03. The van der Waals surface area contributed by atoms with E-state index in [9.17, 15) is 4.79 Å². The van der Waals surface area contributed by atoms with E-state index < -0.39 is 5.97 Å². The second-order valence-corrected chi connectivity index (χ2v) is 3.99. The van der Waals surface area contributed by atoms with Gasteiger partial charge in [-0.1, -0.05) is 11.6 Å². The van der Waals surface area contributed by atoms with Crippen LogP contribution in [-0.4, -0.2) is 44.4 Å². The molecule has 2 heterocycles. The molecule has 0 unspecified atom stereocenters. The number of aromatic nitrogens is 5. The van der Waals surface area contributed by atoms with Crippen LogP contribution in [0.4, 0.5) is 0 Å². The van der Waals surface area contributed by atoms with E-state index in [1.54, 1.807) is 0 Å². The summed E-state index contributed by atoms with van der Waals surface area (Å²) in [5, 5.41) is 4.20. The van der Waals surface area contributed by atoms with Crippen LogP contribution in [-0.2, 0) is 16.1 Å². The second kappa shape index (κ2) is 6.40. The Hall–Kier alpha value is -2.06. The van der Waals surface area contributed by atoms with Crippen molar-refractivity contribution >= 4 is 17.6 Å². The van der Waals surface area contributed by atoms with Crippen LogP contribution < -0.4 is 0 Å². The Bertz CT molecular complexity index is 616. The summed E-state index contributed by atoms with van der Waals surface area (Å²) >= 11 is 5.92. The third-order valence-corrected chi connectivity index (χ3v) is 2.45. The molecule has 0 aliphatic heterocycles.